The molecule has 0 aliphatic carbocycles. The highest BCUT2D eigenvalue weighted by Crippen LogP contribution is 2.16. The van der Waals surface area contributed by atoms with E-state index in [9.17, 15) is 4.79 Å². The van der Waals surface area contributed by atoms with Gasteiger partial charge in [0, 0.05) is 37.5 Å². The molecule has 1 heterocycles. The van der Waals surface area contributed by atoms with E-state index in [0.29, 0.717) is 13.0 Å². The number of aryl methyl sites for hydroxylation is 1. The summed E-state index contributed by atoms with van der Waals surface area (Å²) in [5, 5.41) is 2.62. The molecule has 0 bridgehead atoms. The van der Waals surface area contributed by atoms with E-state index in [1.807, 2.05) is 19.5 Å². The van der Waals surface area contributed by atoms with Gasteiger partial charge in [-0.1, -0.05) is 0 Å². The van der Waals surface area contributed by atoms with Gasteiger partial charge in [-0.05, 0) is 14.0 Å². The summed E-state index contributed by atoms with van der Waals surface area (Å²) in [6.07, 6.45) is 0.432. The number of thiazole rings is 1. The zero-order valence-corrected chi connectivity index (χ0v) is 11.4. The molecule has 0 radical (unpaired) electrons. The van der Waals surface area contributed by atoms with Crippen molar-refractivity contribution in [1.82, 2.24) is 15.2 Å². The van der Waals surface area contributed by atoms with E-state index in [2.05, 4.69) is 15.2 Å². The van der Waals surface area contributed by atoms with Crippen LogP contribution >= 0.6 is 11.3 Å². The predicted octanol–water partition coefficient (Wildman–Crippen LogP) is 0.347. The van der Waals surface area contributed by atoms with E-state index >= 15 is 0 Å². The van der Waals surface area contributed by atoms with Crippen molar-refractivity contribution in [3.8, 4) is 0 Å². The molecule has 17 heavy (non-hydrogen) atoms. The number of amides is 1. The van der Waals surface area contributed by atoms with Gasteiger partial charge in [-0.15, -0.1) is 11.3 Å². The molecule has 1 rings (SSSR count). The SMILES string of the molecule is CNC(=O)CC(CN)N(C)Cc1scnc1C. The summed E-state index contributed by atoms with van der Waals surface area (Å²) in [6, 6.07) is 0.0662. The molecule has 96 valence electrons. The van der Waals surface area contributed by atoms with Crippen LogP contribution in [-0.4, -0.2) is 42.5 Å². The average Bonchev–Trinajstić information content (AvgIpc) is 2.71. The first kappa shape index (κ1) is 14.1. The molecular formula is C11H20N4OS. The van der Waals surface area contributed by atoms with Crippen LogP contribution in [0.3, 0.4) is 0 Å². The van der Waals surface area contributed by atoms with Crippen LogP contribution in [0.25, 0.3) is 0 Å². The molecule has 0 saturated heterocycles. The van der Waals surface area contributed by atoms with Crippen molar-refractivity contribution in [3.63, 3.8) is 0 Å². The molecule has 5 nitrogen and oxygen atoms in total. The first-order valence-corrected chi connectivity index (χ1v) is 6.46. The number of nitrogens with zero attached hydrogens (tertiary/aromatic N) is 2. The normalized spacial score (nSPS) is 12.8. The fraction of sp³-hybridized carbons (Fsp3) is 0.636. The second-order valence-corrected chi connectivity index (χ2v) is 4.98. The Bertz CT molecular complexity index is 366. The van der Waals surface area contributed by atoms with Gasteiger partial charge < -0.3 is 11.1 Å². The minimum atomic E-state index is 0.0216. The summed E-state index contributed by atoms with van der Waals surface area (Å²) in [6.45, 7) is 3.26. The van der Waals surface area contributed by atoms with Crippen LogP contribution in [0.1, 0.15) is 17.0 Å². The number of hydrogen-bond donors (Lipinski definition) is 2. The van der Waals surface area contributed by atoms with Crippen molar-refractivity contribution < 1.29 is 4.79 Å². The van der Waals surface area contributed by atoms with E-state index in [-0.39, 0.29) is 11.9 Å². The van der Waals surface area contributed by atoms with Gasteiger partial charge >= 0.3 is 0 Å². The summed E-state index contributed by atoms with van der Waals surface area (Å²) in [4.78, 5) is 18.9. The number of rotatable bonds is 6. The van der Waals surface area contributed by atoms with Crippen LogP contribution in [0.2, 0.25) is 0 Å². The molecule has 0 saturated carbocycles. The molecule has 0 spiro atoms. The highest BCUT2D eigenvalue weighted by molar-refractivity contribution is 7.09. The maximum absolute atomic E-state index is 11.4. The average molecular weight is 256 g/mol. The van der Waals surface area contributed by atoms with Crippen molar-refractivity contribution >= 4 is 17.2 Å². The highest BCUT2D eigenvalue weighted by Gasteiger charge is 2.17. The van der Waals surface area contributed by atoms with Crippen LogP contribution in [0.5, 0.6) is 0 Å². The standard InChI is InChI=1S/C11H20N4OS/c1-8-10(17-7-14-8)6-15(3)9(5-12)4-11(16)13-2/h7,9H,4-6,12H2,1-3H3,(H,13,16). The Kier molecular flexibility index (Phi) is 5.54. The van der Waals surface area contributed by atoms with Gasteiger partial charge in [-0.2, -0.15) is 0 Å². The quantitative estimate of drug-likeness (QED) is 0.770. The maximum Gasteiger partial charge on any atom is 0.221 e. The van der Waals surface area contributed by atoms with E-state index in [1.165, 1.54) is 4.88 Å². The molecule has 0 aliphatic heterocycles. The molecule has 1 atom stereocenters. The van der Waals surface area contributed by atoms with Gasteiger partial charge in [-0.25, -0.2) is 4.98 Å². The number of aromatic nitrogens is 1. The fourth-order valence-electron chi connectivity index (χ4n) is 1.57. The first-order chi connectivity index (χ1) is 8.08. The van der Waals surface area contributed by atoms with E-state index in [0.717, 1.165) is 12.2 Å². The molecule has 0 fully saturated rings. The second-order valence-electron chi connectivity index (χ2n) is 4.04. The molecule has 3 N–H and O–H groups in total. The number of hydrogen-bond acceptors (Lipinski definition) is 5. The lowest BCUT2D eigenvalue weighted by Gasteiger charge is -2.25. The van der Waals surface area contributed by atoms with Gasteiger partial charge in [0.05, 0.1) is 11.2 Å². The zero-order chi connectivity index (χ0) is 12.8. The van der Waals surface area contributed by atoms with Crippen LogP contribution in [0.15, 0.2) is 5.51 Å². The molecule has 1 aromatic heterocycles. The summed E-state index contributed by atoms with van der Waals surface area (Å²) in [5.41, 5.74) is 8.61. The highest BCUT2D eigenvalue weighted by atomic mass is 32.1. The van der Waals surface area contributed by atoms with Crippen LogP contribution in [-0.2, 0) is 11.3 Å². The molecular weight excluding hydrogens is 236 g/mol. The zero-order valence-electron chi connectivity index (χ0n) is 10.6. The van der Waals surface area contributed by atoms with Crippen molar-refractivity contribution in [3.05, 3.63) is 16.1 Å². The van der Waals surface area contributed by atoms with Gasteiger partial charge in [0.15, 0.2) is 0 Å². The largest absolute Gasteiger partial charge is 0.359 e. The molecule has 6 heteroatoms. The minimum absolute atomic E-state index is 0.0216. The Morgan fingerprint density at radius 3 is 2.88 bits per heavy atom. The molecule has 0 aliphatic rings. The summed E-state index contributed by atoms with van der Waals surface area (Å²) < 4.78 is 0. The lowest BCUT2D eigenvalue weighted by Crippen LogP contribution is -2.40. The van der Waals surface area contributed by atoms with Crippen LogP contribution in [0, 0.1) is 6.92 Å². The molecule has 0 aromatic carbocycles. The minimum Gasteiger partial charge on any atom is -0.359 e. The third-order valence-corrected chi connectivity index (χ3v) is 3.75. The van der Waals surface area contributed by atoms with Crippen LogP contribution in [0.4, 0.5) is 0 Å². The number of nitrogens with two attached hydrogens (primary N) is 1. The lowest BCUT2D eigenvalue weighted by molar-refractivity contribution is -0.121. The van der Waals surface area contributed by atoms with Gasteiger partial charge in [0.25, 0.3) is 0 Å². The number of likely N-dealkylation sites (N-methyl/N-ethyl adjacent to an activating group) is 1. The lowest BCUT2D eigenvalue weighted by atomic mass is 10.1. The third kappa shape index (κ3) is 4.07. The Labute approximate surface area is 106 Å². The maximum atomic E-state index is 11.4. The summed E-state index contributed by atoms with van der Waals surface area (Å²) in [7, 11) is 3.63. The number of carbonyl (C=O) groups is 1. The Hall–Kier alpha value is -0.980. The Morgan fingerprint density at radius 2 is 2.41 bits per heavy atom. The smallest absolute Gasteiger partial charge is 0.221 e. The number of nitrogens with one attached hydrogen (secondary N) is 1. The molecule has 1 amide bonds. The van der Waals surface area contributed by atoms with Crippen molar-refractivity contribution in [1.29, 1.82) is 0 Å². The molecule has 1 aromatic rings. The van der Waals surface area contributed by atoms with Crippen LogP contribution < -0.4 is 11.1 Å². The number of carbonyl (C=O) groups excluding carboxylic acids is 1. The first-order valence-electron chi connectivity index (χ1n) is 5.58. The van der Waals surface area contributed by atoms with Crippen molar-refractivity contribution in [2.45, 2.75) is 25.9 Å². The predicted molar refractivity (Wildman–Crippen MR) is 69.8 cm³/mol. The van der Waals surface area contributed by atoms with E-state index in [4.69, 9.17) is 5.73 Å². The Balaban J connectivity index is 2.57. The van der Waals surface area contributed by atoms with Crippen molar-refractivity contribution in [2.75, 3.05) is 20.6 Å². The van der Waals surface area contributed by atoms with Crippen molar-refractivity contribution in [2.24, 2.45) is 5.73 Å². The van der Waals surface area contributed by atoms with E-state index < -0.39 is 0 Å². The Morgan fingerprint density at radius 1 is 1.71 bits per heavy atom. The fourth-order valence-corrected chi connectivity index (χ4v) is 2.41. The van der Waals surface area contributed by atoms with E-state index in [1.54, 1.807) is 18.4 Å². The van der Waals surface area contributed by atoms with Gasteiger partial charge in [0.2, 0.25) is 5.91 Å². The third-order valence-electron chi connectivity index (χ3n) is 2.83. The summed E-state index contributed by atoms with van der Waals surface area (Å²) in [5.74, 6) is 0.0216. The van der Waals surface area contributed by atoms with Gasteiger partial charge in [-0.3, -0.25) is 9.69 Å². The molecule has 1 unspecified atom stereocenters. The summed E-state index contributed by atoms with van der Waals surface area (Å²) >= 11 is 1.64. The second kappa shape index (κ2) is 6.68. The van der Waals surface area contributed by atoms with Gasteiger partial charge in [0.1, 0.15) is 0 Å². The topological polar surface area (TPSA) is 71.2 Å². The monoisotopic (exact) mass is 256 g/mol.